The standard InChI is InChI=1S/C29H36N4O4S/c1-5-38(35,36)24-9-8-23(30-15-24)14-31-29(34)21-7-10-25-22(13-21)17-33(28(25)18(2)3)16-20-6-11-26-27(12-20)37-19(4)32-26/h7-10,13,15,18,20,28H,5-6,11-12,14,16-17H2,1-4H3,(H,31,34)/t20-,28-/m1/s1. The first kappa shape index (κ1) is 26.6. The smallest absolute Gasteiger partial charge is 0.251 e. The monoisotopic (exact) mass is 536 g/mol. The molecule has 2 aliphatic rings. The molecule has 202 valence electrons. The average Bonchev–Trinajstić information content (AvgIpc) is 3.45. The van der Waals surface area contributed by atoms with E-state index in [1.165, 1.54) is 17.3 Å². The summed E-state index contributed by atoms with van der Waals surface area (Å²) in [6, 6.07) is 9.54. The average molecular weight is 537 g/mol. The van der Waals surface area contributed by atoms with Crippen LogP contribution in [0.3, 0.4) is 0 Å². The Labute approximate surface area is 224 Å². The highest BCUT2D eigenvalue weighted by Gasteiger charge is 2.35. The summed E-state index contributed by atoms with van der Waals surface area (Å²) in [6.45, 7) is 10.1. The Morgan fingerprint density at radius 3 is 2.76 bits per heavy atom. The number of sulfone groups is 1. The van der Waals surface area contributed by atoms with E-state index in [9.17, 15) is 13.2 Å². The summed E-state index contributed by atoms with van der Waals surface area (Å²) in [7, 11) is -3.29. The molecule has 0 radical (unpaired) electrons. The van der Waals surface area contributed by atoms with Gasteiger partial charge in [0, 0.05) is 44.2 Å². The third kappa shape index (κ3) is 5.40. The lowest BCUT2D eigenvalue weighted by molar-refractivity contribution is 0.0950. The maximum Gasteiger partial charge on any atom is 0.251 e. The van der Waals surface area contributed by atoms with E-state index in [1.54, 1.807) is 19.1 Å². The van der Waals surface area contributed by atoms with Crippen molar-refractivity contribution < 1.29 is 17.6 Å². The molecular formula is C29H36N4O4S. The van der Waals surface area contributed by atoms with Crippen LogP contribution in [0.25, 0.3) is 0 Å². The first-order valence-corrected chi connectivity index (χ1v) is 15.1. The van der Waals surface area contributed by atoms with E-state index in [0.29, 0.717) is 29.1 Å². The second-order valence-electron chi connectivity index (χ2n) is 10.8. The number of carbonyl (C=O) groups excluding carboxylic acids is 1. The lowest BCUT2D eigenvalue weighted by Gasteiger charge is -2.32. The van der Waals surface area contributed by atoms with Crippen molar-refractivity contribution in [2.45, 2.75) is 71.0 Å². The molecule has 3 aromatic rings. The summed E-state index contributed by atoms with van der Waals surface area (Å²) in [5.41, 5.74) is 4.86. The van der Waals surface area contributed by atoms with Crippen LogP contribution in [-0.4, -0.2) is 41.5 Å². The van der Waals surface area contributed by atoms with Gasteiger partial charge in [-0.25, -0.2) is 13.4 Å². The van der Waals surface area contributed by atoms with Crippen LogP contribution in [0.2, 0.25) is 0 Å². The Bertz CT molecular complexity index is 1430. The molecule has 1 aliphatic carbocycles. The number of nitrogens with zero attached hydrogens (tertiary/aromatic N) is 3. The van der Waals surface area contributed by atoms with Crippen LogP contribution in [0, 0.1) is 18.8 Å². The molecule has 1 aromatic carbocycles. The highest BCUT2D eigenvalue weighted by atomic mass is 32.2. The third-order valence-corrected chi connectivity index (χ3v) is 9.45. The number of hydrogen-bond acceptors (Lipinski definition) is 7. The largest absolute Gasteiger partial charge is 0.446 e. The van der Waals surface area contributed by atoms with Crippen LogP contribution in [-0.2, 0) is 35.8 Å². The summed E-state index contributed by atoms with van der Waals surface area (Å²) < 4.78 is 29.8. The van der Waals surface area contributed by atoms with Crippen molar-refractivity contribution in [1.29, 1.82) is 0 Å². The van der Waals surface area contributed by atoms with Crippen molar-refractivity contribution >= 4 is 15.7 Å². The second kappa shape index (κ2) is 10.6. The highest BCUT2D eigenvalue weighted by molar-refractivity contribution is 7.91. The van der Waals surface area contributed by atoms with Gasteiger partial charge in [0.2, 0.25) is 0 Å². The fraction of sp³-hybridized carbons (Fsp3) is 0.483. The lowest BCUT2D eigenvalue weighted by Crippen LogP contribution is -2.33. The fourth-order valence-electron chi connectivity index (χ4n) is 5.84. The Morgan fingerprint density at radius 2 is 2.05 bits per heavy atom. The second-order valence-corrected chi connectivity index (χ2v) is 13.1. The molecule has 5 rings (SSSR count). The zero-order valence-corrected chi connectivity index (χ0v) is 23.3. The quantitative estimate of drug-likeness (QED) is 0.454. The first-order valence-electron chi connectivity index (χ1n) is 13.4. The Morgan fingerprint density at radius 1 is 1.24 bits per heavy atom. The molecule has 8 nitrogen and oxygen atoms in total. The van der Waals surface area contributed by atoms with Crippen molar-refractivity contribution in [2.24, 2.45) is 11.8 Å². The number of benzene rings is 1. The van der Waals surface area contributed by atoms with Crippen molar-refractivity contribution in [3.05, 3.63) is 76.3 Å². The number of carbonyl (C=O) groups is 1. The van der Waals surface area contributed by atoms with Gasteiger partial charge in [-0.05, 0) is 60.1 Å². The summed E-state index contributed by atoms with van der Waals surface area (Å²) in [5.74, 6) is 2.65. The molecule has 0 saturated heterocycles. The number of fused-ring (bicyclic) bond motifs is 2. The lowest BCUT2D eigenvalue weighted by atomic mass is 9.89. The molecule has 0 fully saturated rings. The Kier molecular flexibility index (Phi) is 7.42. The number of oxazole rings is 1. The number of aromatic nitrogens is 2. The molecule has 1 amide bonds. The van der Waals surface area contributed by atoms with Gasteiger partial charge in [0.1, 0.15) is 5.76 Å². The minimum Gasteiger partial charge on any atom is -0.446 e. The minimum absolute atomic E-state index is 0.0287. The van der Waals surface area contributed by atoms with Crippen LogP contribution in [0.1, 0.15) is 77.8 Å². The maximum absolute atomic E-state index is 13.0. The van der Waals surface area contributed by atoms with Crippen LogP contribution in [0.4, 0.5) is 0 Å². The maximum atomic E-state index is 13.0. The van der Waals surface area contributed by atoms with E-state index in [0.717, 1.165) is 49.7 Å². The molecule has 0 unspecified atom stereocenters. The van der Waals surface area contributed by atoms with E-state index in [4.69, 9.17) is 4.42 Å². The zero-order valence-electron chi connectivity index (χ0n) is 22.5. The third-order valence-electron chi connectivity index (χ3n) is 7.73. The van der Waals surface area contributed by atoms with Crippen molar-refractivity contribution in [3.8, 4) is 0 Å². The molecule has 1 N–H and O–H groups in total. The molecule has 38 heavy (non-hydrogen) atoms. The minimum atomic E-state index is -3.29. The Balaban J connectivity index is 1.24. The first-order chi connectivity index (χ1) is 18.1. The normalized spacial score (nSPS) is 19.4. The predicted octanol–water partition coefficient (Wildman–Crippen LogP) is 4.42. The van der Waals surface area contributed by atoms with E-state index < -0.39 is 9.84 Å². The van der Waals surface area contributed by atoms with Gasteiger partial charge in [-0.2, -0.15) is 0 Å². The number of rotatable bonds is 8. The van der Waals surface area contributed by atoms with Gasteiger partial charge in [-0.3, -0.25) is 14.7 Å². The molecule has 3 heterocycles. The number of pyridine rings is 1. The summed E-state index contributed by atoms with van der Waals surface area (Å²) in [4.78, 5) is 24.5. The number of amides is 1. The summed E-state index contributed by atoms with van der Waals surface area (Å²) in [5, 5.41) is 2.92. The van der Waals surface area contributed by atoms with Gasteiger partial charge < -0.3 is 9.73 Å². The molecule has 0 spiro atoms. The molecule has 0 saturated carbocycles. The topological polar surface area (TPSA) is 105 Å². The fourth-order valence-corrected chi connectivity index (χ4v) is 6.67. The SMILES string of the molecule is CCS(=O)(=O)c1ccc(CNC(=O)c2ccc3c(c2)CN(C[C@@H]2CCc4nc(C)oc4C2)[C@@H]3C(C)C)nc1. The zero-order chi connectivity index (χ0) is 27.0. The van der Waals surface area contributed by atoms with Gasteiger partial charge in [0.15, 0.2) is 15.7 Å². The molecule has 1 aliphatic heterocycles. The van der Waals surface area contributed by atoms with Gasteiger partial charge >= 0.3 is 0 Å². The van der Waals surface area contributed by atoms with Gasteiger partial charge in [-0.1, -0.05) is 26.8 Å². The summed E-state index contributed by atoms with van der Waals surface area (Å²) in [6.07, 6.45) is 4.37. The van der Waals surface area contributed by atoms with E-state index in [-0.39, 0.29) is 23.1 Å². The van der Waals surface area contributed by atoms with E-state index >= 15 is 0 Å². The van der Waals surface area contributed by atoms with Crippen molar-refractivity contribution in [3.63, 3.8) is 0 Å². The molecular weight excluding hydrogens is 500 g/mol. The Hall–Kier alpha value is -3.04. The van der Waals surface area contributed by atoms with Crippen molar-refractivity contribution in [1.82, 2.24) is 20.2 Å². The molecule has 0 bridgehead atoms. The van der Waals surface area contributed by atoms with Crippen LogP contribution in [0.5, 0.6) is 0 Å². The van der Waals surface area contributed by atoms with Crippen LogP contribution < -0.4 is 5.32 Å². The van der Waals surface area contributed by atoms with Gasteiger partial charge in [0.25, 0.3) is 5.91 Å². The predicted molar refractivity (Wildman–Crippen MR) is 144 cm³/mol. The van der Waals surface area contributed by atoms with Gasteiger partial charge in [-0.15, -0.1) is 0 Å². The van der Waals surface area contributed by atoms with Crippen LogP contribution in [0.15, 0.2) is 45.8 Å². The number of nitrogens with one attached hydrogen (secondary N) is 1. The molecule has 9 heteroatoms. The number of aryl methyl sites for hydroxylation is 2. The molecule has 2 atom stereocenters. The van der Waals surface area contributed by atoms with Crippen LogP contribution >= 0.6 is 0 Å². The van der Waals surface area contributed by atoms with E-state index in [2.05, 4.69) is 40.1 Å². The number of hydrogen-bond donors (Lipinski definition) is 1. The van der Waals surface area contributed by atoms with Crippen molar-refractivity contribution in [2.75, 3.05) is 12.3 Å². The van der Waals surface area contributed by atoms with E-state index in [1.807, 2.05) is 19.1 Å². The summed E-state index contributed by atoms with van der Waals surface area (Å²) >= 11 is 0. The van der Waals surface area contributed by atoms with Gasteiger partial charge in [0.05, 0.1) is 28.6 Å². The highest BCUT2D eigenvalue weighted by Crippen LogP contribution is 2.40. The molecule has 2 aromatic heterocycles.